The fourth-order valence-electron chi connectivity index (χ4n) is 0.971. The van der Waals surface area contributed by atoms with Crippen LogP contribution in [0, 0.1) is 12.3 Å². The molecule has 0 aliphatic heterocycles. The Morgan fingerprint density at radius 1 is 1.71 bits per heavy atom. The van der Waals surface area contributed by atoms with Crippen molar-refractivity contribution < 1.29 is 22.7 Å². The van der Waals surface area contributed by atoms with Crippen molar-refractivity contribution in [3.05, 3.63) is 16.5 Å². The van der Waals surface area contributed by atoms with E-state index in [2.05, 4.69) is 26.6 Å². The van der Waals surface area contributed by atoms with Crippen LogP contribution in [-0.4, -0.2) is 25.5 Å². The molecule has 1 aromatic heterocycles. The molecule has 0 bridgehead atoms. The second kappa shape index (κ2) is 4.91. The SMILES string of the molecule is C#CC(C)NS(=O)(=O)c1cc(C(=O)O)oc1Br. The summed E-state index contributed by atoms with van der Waals surface area (Å²) in [5, 5.41) is 8.65. The van der Waals surface area contributed by atoms with E-state index in [1.54, 1.807) is 0 Å². The molecule has 0 aliphatic rings. The Balaban J connectivity index is 3.17. The largest absolute Gasteiger partial charge is 0.475 e. The van der Waals surface area contributed by atoms with Gasteiger partial charge >= 0.3 is 5.97 Å². The van der Waals surface area contributed by atoms with E-state index < -0.39 is 27.8 Å². The molecule has 0 amide bonds. The van der Waals surface area contributed by atoms with Crippen molar-refractivity contribution in [3.8, 4) is 12.3 Å². The van der Waals surface area contributed by atoms with Gasteiger partial charge < -0.3 is 9.52 Å². The number of terminal acetylenes is 1. The van der Waals surface area contributed by atoms with Gasteiger partial charge in [0.15, 0.2) is 4.67 Å². The van der Waals surface area contributed by atoms with E-state index in [0.29, 0.717) is 0 Å². The number of hydrogen-bond acceptors (Lipinski definition) is 4. The second-order valence-corrected chi connectivity index (χ2v) is 5.47. The average molecular weight is 322 g/mol. The number of hydrogen-bond donors (Lipinski definition) is 2. The molecule has 1 aromatic rings. The first-order chi connectivity index (χ1) is 7.77. The van der Waals surface area contributed by atoms with E-state index >= 15 is 0 Å². The molecule has 2 N–H and O–H groups in total. The summed E-state index contributed by atoms with van der Waals surface area (Å²) in [6.45, 7) is 1.48. The molecule has 1 unspecified atom stereocenters. The summed E-state index contributed by atoms with van der Waals surface area (Å²) in [5.74, 6) is 0.343. The summed E-state index contributed by atoms with van der Waals surface area (Å²) in [6.07, 6.45) is 5.04. The van der Waals surface area contributed by atoms with Crippen LogP contribution in [-0.2, 0) is 10.0 Å². The van der Waals surface area contributed by atoms with Gasteiger partial charge in [-0.25, -0.2) is 13.2 Å². The van der Waals surface area contributed by atoms with Crippen molar-refractivity contribution in [3.63, 3.8) is 0 Å². The van der Waals surface area contributed by atoms with E-state index in [4.69, 9.17) is 15.9 Å². The molecule has 0 aliphatic carbocycles. The zero-order valence-electron chi connectivity index (χ0n) is 8.60. The molecule has 0 spiro atoms. The summed E-state index contributed by atoms with van der Waals surface area (Å²) in [6, 6.07) is 0.188. The molecule has 1 rings (SSSR count). The van der Waals surface area contributed by atoms with Crippen LogP contribution in [0.5, 0.6) is 0 Å². The number of carboxylic acid groups (broad SMARTS) is 1. The maximum absolute atomic E-state index is 11.8. The monoisotopic (exact) mass is 321 g/mol. The first-order valence-corrected chi connectivity index (χ1v) is 6.56. The molecule has 0 radical (unpaired) electrons. The highest BCUT2D eigenvalue weighted by atomic mass is 79.9. The van der Waals surface area contributed by atoms with Crippen LogP contribution in [0.1, 0.15) is 17.5 Å². The first-order valence-electron chi connectivity index (χ1n) is 4.29. The normalized spacial score (nSPS) is 13.0. The Labute approximate surface area is 106 Å². The van der Waals surface area contributed by atoms with Crippen LogP contribution in [0.4, 0.5) is 0 Å². The van der Waals surface area contributed by atoms with Crippen molar-refractivity contribution in [2.24, 2.45) is 0 Å². The maximum Gasteiger partial charge on any atom is 0.371 e. The summed E-state index contributed by atoms with van der Waals surface area (Å²) < 4.78 is 30.2. The minimum Gasteiger partial charge on any atom is -0.475 e. The Morgan fingerprint density at radius 3 is 2.71 bits per heavy atom. The maximum atomic E-state index is 11.8. The van der Waals surface area contributed by atoms with Gasteiger partial charge in [-0.3, -0.25) is 0 Å². The lowest BCUT2D eigenvalue weighted by molar-refractivity contribution is 0.0661. The molecule has 0 aromatic carbocycles. The standard InChI is InChI=1S/C9H8BrNO5S/c1-3-5(2)11-17(14,15)7-4-6(9(12)13)16-8(7)10/h1,4-5,11H,2H3,(H,12,13). The average Bonchev–Trinajstić information content (AvgIpc) is 2.60. The van der Waals surface area contributed by atoms with E-state index in [9.17, 15) is 13.2 Å². The quantitative estimate of drug-likeness (QED) is 0.808. The van der Waals surface area contributed by atoms with E-state index in [1.165, 1.54) is 6.92 Å². The highest BCUT2D eigenvalue weighted by molar-refractivity contribution is 9.10. The van der Waals surface area contributed by atoms with Gasteiger partial charge in [0.05, 0.1) is 6.04 Å². The van der Waals surface area contributed by atoms with Gasteiger partial charge in [0.1, 0.15) is 4.90 Å². The van der Waals surface area contributed by atoms with E-state index in [-0.39, 0.29) is 9.56 Å². The van der Waals surface area contributed by atoms with Crippen LogP contribution >= 0.6 is 15.9 Å². The van der Waals surface area contributed by atoms with Crippen molar-refractivity contribution in [2.45, 2.75) is 17.9 Å². The molecule has 0 saturated carbocycles. The molecule has 92 valence electrons. The Hall–Kier alpha value is -1.30. The zero-order valence-corrected chi connectivity index (χ0v) is 11.0. The molecule has 1 atom stereocenters. The molecule has 8 heteroatoms. The number of furan rings is 1. The van der Waals surface area contributed by atoms with E-state index in [1.807, 2.05) is 0 Å². The zero-order chi connectivity index (χ0) is 13.2. The fraction of sp³-hybridized carbons (Fsp3) is 0.222. The highest BCUT2D eigenvalue weighted by Crippen LogP contribution is 2.26. The predicted molar refractivity (Wildman–Crippen MR) is 62.0 cm³/mol. The van der Waals surface area contributed by atoms with Crippen molar-refractivity contribution in [1.29, 1.82) is 0 Å². The number of nitrogens with one attached hydrogen (secondary N) is 1. The second-order valence-electron chi connectivity index (χ2n) is 3.06. The van der Waals surface area contributed by atoms with Gasteiger partial charge in [-0.15, -0.1) is 6.42 Å². The highest BCUT2D eigenvalue weighted by Gasteiger charge is 2.25. The lowest BCUT2D eigenvalue weighted by Crippen LogP contribution is -2.31. The Kier molecular flexibility index (Phi) is 3.98. The van der Waals surface area contributed by atoms with Crippen molar-refractivity contribution in [2.75, 3.05) is 0 Å². The topological polar surface area (TPSA) is 96.6 Å². The van der Waals surface area contributed by atoms with Crippen molar-refractivity contribution in [1.82, 2.24) is 4.72 Å². The van der Waals surface area contributed by atoms with E-state index in [0.717, 1.165) is 6.07 Å². The van der Waals surface area contributed by atoms with Gasteiger partial charge in [0.25, 0.3) is 0 Å². The third kappa shape index (κ3) is 3.09. The smallest absolute Gasteiger partial charge is 0.371 e. The lowest BCUT2D eigenvalue weighted by atomic mass is 10.4. The third-order valence-corrected chi connectivity index (χ3v) is 4.14. The number of halogens is 1. The minimum atomic E-state index is -3.91. The van der Waals surface area contributed by atoms with Gasteiger partial charge in [-0.1, -0.05) is 5.92 Å². The molecular formula is C9H8BrNO5S. The molecule has 0 saturated heterocycles. The van der Waals surface area contributed by atoms with Gasteiger partial charge in [-0.05, 0) is 22.9 Å². The molecule has 1 heterocycles. The van der Waals surface area contributed by atoms with Gasteiger partial charge in [0.2, 0.25) is 15.8 Å². The van der Waals surface area contributed by atoms with Crippen LogP contribution in [0.25, 0.3) is 0 Å². The van der Waals surface area contributed by atoms with Crippen LogP contribution in [0.3, 0.4) is 0 Å². The van der Waals surface area contributed by atoms with Gasteiger partial charge in [0, 0.05) is 6.07 Å². The molecule has 0 fully saturated rings. The lowest BCUT2D eigenvalue weighted by Gasteiger charge is -2.06. The molecular weight excluding hydrogens is 314 g/mol. The fourth-order valence-corrected chi connectivity index (χ4v) is 3.07. The van der Waals surface area contributed by atoms with Crippen LogP contribution < -0.4 is 4.72 Å². The van der Waals surface area contributed by atoms with Crippen LogP contribution in [0.15, 0.2) is 20.0 Å². The van der Waals surface area contributed by atoms with Crippen LogP contribution in [0.2, 0.25) is 0 Å². The predicted octanol–water partition coefficient (Wildman–Crippen LogP) is 1.04. The molecule has 6 nitrogen and oxygen atoms in total. The number of aromatic carboxylic acids is 1. The Bertz CT molecular complexity index is 583. The third-order valence-electron chi connectivity index (χ3n) is 1.74. The first kappa shape index (κ1) is 13.8. The minimum absolute atomic E-state index is 0.188. The number of carboxylic acids is 1. The summed E-state index contributed by atoms with van der Waals surface area (Å²) in [7, 11) is -3.91. The summed E-state index contributed by atoms with van der Waals surface area (Å²) in [4.78, 5) is 10.3. The number of rotatable bonds is 4. The number of carbonyl (C=O) groups is 1. The van der Waals surface area contributed by atoms with Gasteiger partial charge in [-0.2, -0.15) is 4.72 Å². The number of sulfonamides is 1. The summed E-state index contributed by atoms with van der Waals surface area (Å²) in [5.41, 5.74) is 0. The summed E-state index contributed by atoms with van der Waals surface area (Å²) >= 11 is 2.83. The van der Waals surface area contributed by atoms with Crippen molar-refractivity contribution >= 4 is 31.9 Å². The molecule has 17 heavy (non-hydrogen) atoms. The Morgan fingerprint density at radius 2 is 2.29 bits per heavy atom.